The molecule has 1 saturated heterocycles. The molecule has 5 nitrogen and oxygen atoms in total. The van der Waals surface area contributed by atoms with Gasteiger partial charge in [0.2, 0.25) is 0 Å². The molecule has 0 amide bonds. The third-order valence-electron chi connectivity index (χ3n) is 3.60. The zero-order valence-corrected chi connectivity index (χ0v) is 12.7. The molecule has 0 radical (unpaired) electrons. The van der Waals surface area contributed by atoms with Crippen LogP contribution < -0.4 is 5.32 Å². The molecule has 6 heteroatoms. The Morgan fingerprint density at radius 2 is 2.32 bits per heavy atom. The minimum absolute atomic E-state index is 0.266. The third-order valence-corrected chi connectivity index (χ3v) is 4.09. The molecule has 1 aliphatic rings. The molecule has 1 fully saturated rings. The first-order valence-corrected chi connectivity index (χ1v) is 7.22. The number of halogens is 1. The Labute approximate surface area is 119 Å². The highest BCUT2D eigenvalue weighted by atomic mass is 35.5. The predicted octanol–water partition coefficient (Wildman–Crippen LogP) is 1.19. The van der Waals surface area contributed by atoms with E-state index in [0.29, 0.717) is 0 Å². The summed E-state index contributed by atoms with van der Waals surface area (Å²) >= 11 is 6.22. The van der Waals surface area contributed by atoms with E-state index in [1.165, 1.54) is 0 Å². The maximum Gasteiger partial charge on any atom is 0.0860 e. The molecule has 1 aromatic rings. The molecule has 1 atom stereocenters. The van der Waals surface area contributed by atoms with Crippen molar-refractivity contribution in [3.8, 4) is 0 Å². The summed E-state index contributed by atoms with van der Waals surface area (Å²) in [5, 5.41) is 8.48. The van der Waals surface area contributed by atoms with Gasteiger partial charge in [-0.25, -0.2) is 0 Å². The SMILES string of the molecule is CCN1CCOC(CNCc2c(Cl)c(C)nn2C)C1. The second-order valence-corrected chi connectivity index (χ2v) is 5.36. The first kappa shape index (κ1) is 14.8. The quantitative estimate of drug-likeness (QED) is 0.883. The van der Waals surface area contributed by atoms with E-state index in [2.05, 4.69) is 22.2 Å². The van der Waals surface area contributed by atoms with E-state index in [-0.39, 0.29) is 6.10 Å². The summed E-state index contributed by atoms with van der Waals surface area (Å²) in [7, 11) is 1.92. The highest BCUT2D eigenvalue weighted by molar-refractivity contribution is 6.31. The second-order valence-electron chi connectivity index (χ2n) is 4.99. The van der Waals surface area contributed by atoms with Crippen molar-refractivity contribution >= 4 is 11.6 Å². The third kappa shape index (κ3) is 3.69. The van der Waals surface area contributed by atoms with Crippen LogP contribution in [0.4, 0.5) is 0 Å². The van der Waals surface area contributed by atoms with E-state index in [1.807, 2.05) is 18.7 Å². The Hall–Kier alpha value is -0.620. The monoisotopic (exact) mass is 286 g/mol. The summed E-state index contributed by atoms with van der Waals surface area (Å²) in [5.41, 5.74) is 1.91. The average molecular weight is 287 g/mol. The fraction of sp³-hybridized carbons (Fsp3) is 0.769. The van der Waals surface area contributed by atoms with Crippen LogP contribution in [0.2, 0.25) is 5.02 Å². The van der Waals surface area contributed by atoms with Crippen molar-refractivity contribution in [3.63, 3.8) is 0 Å². The van der Waals surface area contributed by atoms with E-state index >= 15 is 0 Å². The van der Waals surface area contributed by atoms with Gasteiger partial charge in [0.25, 0.3) is 0 Å². The molecule has 1 aliphatic heterocycles. The molecule has 0 spiro atoms. The lowest BCUT2D eigenvalue weighted by molar-refractivity contribution is -0.0254. The number of aromatic nitrogens is 2. The largest absolute Gasteiger partial charge is 0.374 e. The van der Waals surface area contributed by atoms with Gasteiger partial charge in [0, 0.05) is 33.2 Å². The van der Waals surface area contributed by atoms with Gasteiger partial charge < -0.3 is 10.1 Å². The number of nitrogens with zero attached hydrogens (tertiary/aromatic N) is 3. The number of hydrogen-bond acceptors (Lipinski definition) is 4. The van der Waals surface area contributed by atoms with Crippen LogP contribution in [0, 0.1) is 6.92 Å². The van der Waals surface area contributed by atoms with Crippen molar-refractivity contribution in [1.29, 1.82) is 0 Å². The number of hydrogen-bond donors (Lipinski definition) is 1. The Morgan fingerprint density at radius 1 is 1.53 bits per heavy atom. The molecule has 1 N–H and O–H groups in total. The zero-order chi connectivity index (χ0) is 13.8. The van der Waals surface area contributed by atoms with E-state index in [9.17, 15) is 0 Å². The van der Waals surface area contributed by atoms with Gasteiger partial charge in [-0.05, 0) is 13.5 Å². The second kappa shape index (κ2) is 6.70. The minimum atomic E-state index is 0.266. The van der Waals surface area contributed by atoms with Crippen molar-refractivity contribution in [2.24, 2.45) is 7.05 Å². The molecule has 1 unspecified atom stereocenters. The molecule has 1 aromatic heterocycles. The van der Waals surface area contributed by atoms with Crippen LogP contribution in [-0.4, -0.2) is 53.6 Å². The highest BCUT2D eigenvalue weighted by Gasteiger charge is 2.19. The van der Waals surface area contributed by atoms with Gasteiger partial charge in [-0.3, -0.25) is 9.58 Å². The molecule has 0 aromatic carbocycles. The molecule has 0 bridgehead atoms. The maximum atomic E-state index is 6.22. The topological polar surface area (TPSA) is 42.3 Å². The van der Waals surface area contributed by atoms with Gasteiger partial charge in [-0.2, -0.15) is 5.10 Å². The Morgan fingerprint density at radius 3 is 2.95 bits per heavy atom. The number of nitrogens with one attached hydrogen (secondary N) is 1. The summed E-state index contributed by atoms with van der Waals surface area (Å²) in [6.45, 7) is 9.64. The molecule has 108 valence electrons. The maximum absolute atomic E-state index is 6.22. The lowest BCUT2D eigenvalue weighted by Gasteiger charge is -2.32. The lowest BCUT2D eigenvalue weighted by Crippen LogP contribution is -2.46. The first-order chi connectivity index (χ1) is 9.11. The van der Waals surface area contributed by atoms with Crippen LogP contribution in [-0.2, 0) is 18.3 Å². The Bertz CT molecular complexity index is 421. The van der Waals surface area contributed by atoms with Crippen molar-refractivity contribution in [3.05, 3.63) is 16.4 Å². The van der Waals surface area contributed by atoms with Crippen molar-refractivity contribution in [1.82, 2.24) is 20.0 Å². The predicted molar refractivity (Wildman–Crippen MR) is 76.5 cm³/mol. The highest BCUT2D eigenvalue weighted by Crippen LogP contribution is 2.18. The van der Waals surface area contributed by atoms with Crippen LogP contribution in [0.3, 0.4) is 0 Å². The normalized spacial score (nSPS) is 20.9. The molecular formula is C13H23ClN4O. The van der Waals surface area contributed by atoms with Crippen LogP contribution in [0.5, 0.6) is 0 Å². The summed E-state index contributed by atoms with van der Waals surface area (Å²) in [6.07, 6.45) is 0.266. The fourth-order valence-corrected chi connectivity index (χ4v) is 2.64. The number of aryl methyl sites for hydroxylation is 2. The van der Waals surface area contributed by atoms with E-state index < -0.39 is 0 Å². The number of morpholine rings is 1. The summed E-state index contributed by atoms with van der Waals surface area (Å²) < 4.78 is 7.59. The van der Waals surface area contributed by atoms with Gasteiger partial charge >= 0.3 is 0 Å². The summed E-state index contributed by atoms with van der Waals surface area (Å²) in [6, 6.07) is 0. The van der Waals surface area contributed by atoms with Crippen molar-refractivity contribution < 1.29 is 4.74 Å². The molecule has 19 heavy (non-hydrogen) atoms. The molecule has 0 saturated carbocycles. The van der Waals surface area contributed by atoms with Crippen LogP contribution in [0.15, 0.2) is 0 Å². The van der Waals surface area contributed by atoms with Gasteiger partial charge in [0.1, 0.15) is 0 Å². The summed E-state index contributed by atoms with van der Waals surface area (Å²) in [4.78, 5) is 2.41. The number of ether oxygens (including phenoxy) is 1. The Balaban J connectivity index is 1.80. The molecule has 2 rings (SSSR count). The van der Waals surface area contributed by atoms with Gasteiger partial charge in [-0.1, -0.05) is 18.5 Å². The smallest absolute Gasteiger partial charge is 0.0860 e. The van der Waals surface area contributed by atoms with Crippen molar-refractivity contribution in [2.75, 3.05) is 32.8 Å². The minimum Gasteiger partial charge on any atom is -0.374 e. The first-order valence-electron chi connectivity index (χ1n) is 6.84. The average Bonchev–Trinajstić information content (AvgIpc) is 2.65. The van der Waals surface area contributed by atoms with E-state index in [4.69, 9.17) is 16.3 Å². The van der Waals surface area contributed by atoms with E-state index in [1.54, 1.807) is 0 Å². The van der Waals surface area contributed by atoms with Crippen LogP contribution in [0.1, 0.15) is 18.3 Å². The van der Waals surface area contributed by atoms with Crippen LogP contribution >= 0.6 is 11.6 Å². The van der Waals surface area contributed by atoms with Crippen LogP contribution in [0.25, 0.3) is 0 Å². The molecule has 2 heterocycles. The van der Waals surface area contributed by atoms with Gasteiger partial charge in [-0.15, -0.1) is 0 Å². The van der Waals surface area contributed by atoms with Gasteiger partial charge in [0.05, 0.1) is 29.1 Å². The lowest BCUT2D eigenvalue weighted by atomic mass is 10.2. The van der Waals surface area contributed by atoms with E-state index in [0.717, 1.165) is 55.7 Å². The van der Waals surface area contributed by atoms with Crippen molar-refractivity contribution in [2.45, 2.75) is 26.5 Å². The fourth-order valence-electron chi connectivity index (χ4n) is 2.41. The zero-order valence-electron chi connectivity index (χ0n) is 11.9. The number of likely N-dealkylation sites (N-methyl/N-ethyl adjacent to an activating group) is 1. The summed E-state index contributed by atoms with van der Waals surface area (Å²) in [5.74, 6) is 0. The standard InChI is InChI=1S/C13H23ClN4O/c1-4-18-5-6-19-11(9-18)7-15-8-12-13(14)10(2)16-17(12)3/h11,15H,4-9H2,1-3H3. The van der Waals surface area contributed by atoms with Gasteiger partial charge in [0.15, 0.2) is 0 Å². The number of rotatable bonds is 5. The Kier molecular flexibility index (Phi) is 5.21. The molecule has 0 aliphatic carbocycles. The molecular weight excluding hydrogens is 264 g/mol.